The highest BCUT2D eigenvalue weighted by molar-refractivity contribution is 7.17. The molecule has 0 radical (unpaired) electrons. The molecule has 0 aromatic carbocycles. The molecule has 0 saturated carbocycles. The summed E-state index contributed by atoms with van der Waals surface area (Å²) in [6.45, 7) is 5.89. The number of methoxy groups -OCH3 is 1. The van der Waals surface area contributed by atoms with Gasteiger partial charge in [0, 0.05) is 6.54 Å². The number of likely N-dealkylation sites (tertiary alicyclic amines) is 1. The van der Waals surface area contributed by atoms with E-state index in [9.17, 15) is 9.59 Å². The van der Waals surface area contributed by atoms with E-state index in [0.29, 0.717) is 13.0 Å². The summed E-state index contributed by atoms with van der Waals surface area (Å²) in [7, 11) is 3.95. The van der Waals surface area contributed by atoms with E-state index in [2.05, 4.69) is 9.24 Å². The quantitative estimate of drug-likeness (QED) is 0.529. The normalized spacial score (nSPS) is 24.6. The molecule has 1 rings (SSSR count). The molecular weight excluding hydrogens is 241 g/mol. The lowest BCUT2D eigenvalue weighted by atomic mass is 10.2. The van der Waals surface area contributed by atoms with E-state index >= 15 is 0 Å². The van der Waals surface area contributed by atoms with Crippen molar-refractivity contribution in [2.75, 3.05) is 13.7 Å². The Bertz CT molecular complexity index is 313. The Kier molecular flexibility index (Phi) is 4.36. The lowest BCUT2D eigenvalue weighted by Gasteiger charge is -2.27. The van der Waals surface area contributed by atoms with E-state index in [0.717, 1.165) is 0 Å². The largest absolute Gasteiger partial charge is 0.467 e. The molecule has 5 nitrogen and oxygen atoms in total. The topological polar surface area (TPSA) is 55.8 Å². The van der Waals surface area contributed by atoms with Crippen LogP contribution in [-0.2, 0) is 14.3 Å². The smallest absolute Gasteiger partial charge is 0.411 e. The van der Waals surface area contributed by atoms with Crippen LogP contribution in [0, 0.1) is 0 Å². The van der Waals surface area contributed by atoms with Crippen LogP contribution < -0.4 is 0 Å². The highest BCUT2D eigenvalue weighted by atomic mass is 31.0. The fourth-order valence-corrected chi connectivity index (χ4v) is 2.24. The summed E-state index contributed by atoms with van der Waals surface area (Å²) in [5, 5.41) is 0. The second-order valence-electron chi connectivity index (χ2n) is 5.17. The van der Waals surface area contributed by atoms with Crippen molar-refractivity contribution in [1.82, 2.24) is 4.90 Å². The highest BCUT2D eigenvalue weighted by Crippen LogP contribution is 2.26. The van der Waals surface area contributed by atoms with Gasteiger partial charge in [0.1, 0.15) is 11.6 Å². The first-order valence-electron chi connectivity index (χ1n) is 5.57. The average Bonchev–Trinajstić information content (AvgIpc) is 2.56. The minimum Gasteiger partial charge on any atom is -0.467 e. The molecule has 1 heterocycles. The minimum absolute atomic E-state index is 0.201. The molecule has 1 fully saturated rings. The van der Waals surface area contributed by atoms with Crippen molar-refractivity contribution in [3.63, 3.8) is 0 Å². The van der Waals surface area contributed by atoms with Gasteiger partial charge < -0.3 is 9.47 Å². The van der Waals surface area contributed by atoms with Crippen LogP contribution in [0.3, 0.4) is 0 Å². The van der Waals surface area contributed by atoms with Gasteiger partial charge in [0.05, 0.1) is 7.11 Å². The molecule has 1 aliphatic heterocycles. The van der Waals surface area contributed by atoms with Crippen molar-refractivity contribution < 1.29 is 19.1 Å². The Balaban J connectivity index is 2.73. The number of rotatable bonds is 1. The van der Waals surface area contributed by atoms with Gasteiger partial charge in [-0.1, -0.05) is 0 Å². The Morgan fingerprint density at radius 1 is 1.35 bits per heavy atom. The maximum atomic E-state index is 11.9. The van der Waals surface area contributed by atoms with Gasteiger partial charge in [-0.05, 0) is 32.9 Å². The summed E-state index contributed by atoms with van der Waals surface area (Å²) in [6, 6.07) is -0.530. The van der Waals surface area contributed by atoms with Gasteiger partial charge in [-0.2, -0.15) is 0 Å². The third-order valence-corrected chi connectivity index (χ3v) is 2.92. The van der Waals surface area contributed by atoms with Gasteiger partial charge >= 0.3 is 12.1 Å². The Morgan fingerprint density at radius 2 is 1.94 bits per heavy atom. The van der Waals surface area contributed by atoms with Crippen molar-refractivity contribution in [3.05, 3.63) is 0 Å². The zero-order valence-corrected chi connectivity index (χ0v) is 11.9. The van der Waals surface area contributed by atoms with Crippen molar-refractivity contribution in [2.45, 2.75) is 44.5 Å². The standard InChI is InChI=1S/C11H20NO4P/c1-11(2,3)16-10(14)12-6-7(17)5-8(12)9(13)15-4/h7-8H,5-6,17H2,1-4H3/t7-,8-/m0/s1. The third kappa shape index (κ3) is 3.84. The van der Waals surface area contributed by atoms with Crippen molar-refractivity contribution in [1.29, 1.82) is 0 Å². The van der Waals surface area contributed by atoms with Gasteiger partial charge in [-0.3, -0.25) is 4.90 Å². The molecule has 0 bridgehead atoms. The van der Waals surface area contributed by atoms with Gasteiger partial charge in [0.2, 0.25) is 0 Å². The van der Waals surface area contributed by atoms with Gasteiger partial charge in [0.15, 0.2) is 0 Å². The van der Waals surface area contributed by atoms with Crippen LogP contribution in [-0.4, -0.2) is 47.9 Å². The van der Waals surface area contributed by atoms with Gasteiger partial charge in [-0.25, -0.2) is 9.59 Å². The number of hydrogen-bond donors (Lipinski definition) is 0. The SMILES string of the molecule is COC(=O)[C@@H]1C[C@H](P)CN1C(=O)OC(C)(C)C. The summed E-state index contributed by atoms with van der Waals surface area (Å²) < 4.78 is 9.96. The van der Waals surface area contributed by atoms with Crippen LogP contribution in [0.5, 0.6) is 0 Å². The maximum absolute atomic E-state index is 11.9. The van der Waals surface area contributed by atoms with Crippen molar-refractivity contribution in [2.24, 2.45) is 0 Å². The van der Waals surface area contributed by atoms with E-state index in [1.54, 1.807) is 20.8 Å². The van der Waals surface area contributed by atoms with Crippen LogP contribution in [0.4, 0.5) is 4.79 Å². The Labute approximate surface area is 104 Å². The minimum atomic E-state index is -0.559. The van der Waals surface area contributed by atoms with E-state index in [1.807, 2.05) is 0 Å². The third-order valence-electron chi connectivity index (χ3n) is 2.43. The monoisotopic (exact) mass is 261 g/mol. The highest BCUT2D eigenvalue weighted by Gasteiger charge is 2.40. The zero-order valence-electron chi connectivity index (χ0n) is 10.7. The van der Waals surface area contributed by atoms with E-state index in [-0.39, 0.29) is 11.6 Å². The predicted molar refractivity (Wildman–Crippen MR) is 66.9 cm³/mol. The first-order chi connectivity index (χ1) is 7.74. The van der Waals surface area contributed by atoms with Crippen LogP contribution in [0.1, 0.15) is 27.2 Å². The number of carbonyl (C=O) groups excluding carboxylic acids is 2. The number of ether oxygens (including phenoxy) is 2. The lowest BCUT2D eigenvalue weighted by molar-refractivity contribution is -0.145. The summed E-state index contributed by atoms with van der Waals surface area (Å²) in [4.78, 5) is 24.9. The molecule has 1 saturated heterocycles. The van der Waals surface area contributed by atoms with Gasteiger partial charge in [0.25, 0.3) is 0 Å². The molecule has 1 unspecified atom stereocenters. The lowest BCUT2D eigenvalue weighted by Crippen LogP contribution is -2.43. The molecule has 1 amide bonds. The first-order valence-corrected chi connectivity index (χ1v) is 6.24. The molecule has 0 N–H and O–H groups in total. The van der Waals surface area contributed by atoms with E-state index < -0.39 is 17.7 Å². The van der Waals surface area contributed by atoms with Crippen LogP contribution in [0.15, 0.2) is 0 Å². The summed E-state index contributed by atoms with van der Waals surface area (Å²) >= 11 is 0. The Hall–Kier alpha value is -0.830. The van der Waals surface area contributed by atoms with E-state index in [4.69, 9.17) is 9.47 Å². The fraction of sp³-hybridized carbons (Fsp3) is 0.818. The van der Waals surface area contributed by atoms with Crippen molar-refractivity contribution in [3.8, 4) is 0 Å². The second kappa shape index (κ2) is 5.21. The molecule has 1 aliphatic rings. The molecule has 98 valence electrons. The van der Waals surface area contributed by atoms with Crippen LogP contribution in [0.25, 0.3) is 0 Å². The van der Waals surface area contributed by atoms with E-state index in [1.165, 1.54) is 12.0 Å². The van der Waals surface area contributed by atoms with Crippen molar-refractivity contribution >= 4 is 21.3 Å². The number of carbonyl (C=O) groups is 2. The van der Waals surface area contributed by atoms with Gasteiger partial charge in [-0.15, -0.1) is 9.24 Å². The Morgan fingerprint density at radius 3 is 2.41 bits per heavy atom. The fourth-order valence-electron chi connectivity index (χ4n) is 1.75. The molecule has 0 aliphatic carbocycles. The molecule has 6 heteroatoms. The predicted octanol–water partition coefficient (Wildman–Crippen LogP) is 1.41. The summed E-state index contributed by atoms with van der Waals surface area (Å²) in [5.41, 5.74) is -0.358. The number of esters is 1. The first kappa shape index (κ1) is 14.2. The summed E-state index contributed by atoms with van der Waals surface area (Å²) in [6.07, 6.45) is 0.134. The second-order valence-corrected chi connectivity index (χ2v) is 6.11. The molecule has 0 aromatic rings. The molecular formula is C11H20NO4P. The average molecular weight is 261 g/mol. The molecule has 17 heavy (non-hydrogen) atoms. The van der Waals surface area contributed by atoms with Crippen LogP contribution >= 0.6 is 9.24 Å². The molecule has 0 spiro atoms. The van der Waals surface area contributed by atoms with Crippen LogP contribution in [0.2, 0.25) is 0 Å². The molecule has 3 atom stereocenters. The number of amides is 1. The zero-order chi connectivity index (χ0) is 13.2. The maximum Gasteiger partial charge on any atom is 0.411 e. The summed E-state index contributed by atoms with van der Waals surface area (Å²) in [5.74, 6) is -0.388. The number of hydrogen-bond acceptors (Lipinski definition) is 4. The molecule has 0 aromatic heterocycles. The number of nitrogens with zero attached hydrogens (tertiary/aromatic N) is 1.